The minimum absolute atomic E-state index is 0.500. The van der Waals surface area contributed by atoms with Gasteiger partial charge in [-0.05, 0) is 33.0 Å². The fourth-order valence-electron chi connectivity index (χ4n) is 1.35. The van der Waals surface area contributed by atoms with Gasteiger partial charge in [0.15, 0.2) is 0 Å². The van der Waals surface area contributed by atoms with Crippen LogP contribution < -0.4 is 4.74 Å². The van der Waals surface area contributed by atoms with Crippen LogP contribution in [0.4, 0.5) is 0 Å². The zero-order valence-corrected chi connectivity index (χ0v) is 10.9. The van der Waals surface area contributed by atoms with E-state index in [9.17, 15) is 0 Å². The van der Waals surface area contributed by atoms with Gasteiger partial charge >= 0.3 is 0 Å². The van der Waals surface area contributed by atoms with Crippen LogP contribution in [0.5, 0.6) is 5.88 Å². The van der Waals surface area contributed by atoms with Crippen molar-refractivity contribution in [3.63, 3.8) is 0 Å². The van der Waals surface area contributed by atoms with Gasteiger partial charge in [-0.15, -0.1) is 11.6 Å². The number of nitrogens with zero attached hydrogens (tertiary/aromatic N) is 2. The molecule has 0 saturated heterocycles. The Kier molecular flexibility index (Phi) is 5.56. The first-order valence-electron chi connectivity index (χ1n) is 5.43. The molecule has 0 aliphatic heterocycles. The fraction of sp³-hybridized carbons (Fsp3) is 0.583. The molecule has 0 aromatic carbocycles. The average Bonchev–Trinajstić information content (AvgIpc) is 2.24. The molecule has 0 N–H and O–H groups in total. The van der Waals surface area contributed by atoms with Crippen LogP contribution in [0.1, 0.15) is 17.7 Å². The first-order valence-corrected chi connectivity index (χ1v) is 5.97. The van der Waals surface area contributed by atoms with Gasteiger partial charge in [-0.1, -0.05) is 6.07 Å². The van der Waals surface area contributed by atoms with Crippen LogP contribution in [-0.2, 0) is 5.88 Å². The molecule has 0 radical (unpaired) electrons. The molecule has 0 bridgehead atoms. The number of hydrogen-bond acceptors (Lipinski definition) is 3. The monoisotopic (exact) mass is 242 g/mol. The Morgan fingerprint density at radius 1 is 1.38 bits per heavy atom. The Bertz CT molecular complexity index is 329. The minimum atomic E-state index is 0.500. The van der Waals surface area contributed by atoms with Gasteiger partial charge in [0.2, 0.25) is 5.88 Å². The third-order valence-corrected chi connectivity index (χ3v) is 2.60. The molecule has 0 saturated carbocycles. The Hall–Kier alpha value is -0.800. The highest BCUT2D eigenvalue weighted by atomic mass is 35.5. The third kappa shape index (κ3) is 4.37. The standard InChI is InChI=1S/C12H19ClN2O/c1-10-11(9-13)5-6-12(14-10)16-8-4-7-15(2)3/h5-6H,4,7-9H2,1-3H3. The predicted octanol–water partition coefficient (Wildman–Crippen LogP) is 2.46. The second-order valence-electron chi connectivity index (χ2n) is 4.03. The van der Waals surface area contributed by atoms with Crippen molar-refractivity contribution >= 4 is 11.6 Å². The van der Waals surface area contributed by atoms with Gasteiger partial charge in [-0.2, -0.15) is 0 Å². The first kappa shape index (κ1) is 13.3. The SMILES string of the molecule is Cc1nc(OCCCN(C)C)ccc1CCl. The lowest BCUT2D eigenvalue weighted by Gasteiger charge is -2.10. The summed E-state index contributed by atoms with van der Waals surface area (Å²) in [6.45, 7) is 3.67. The first-order chi connectivity index (χ1) is 7.63. The number of rotatable bonds is 6. The smallest absolute Gasteiger partial charge is 0.213 e. The summed E-state index contributed by atoms with van der Waals surface area (Å²) in [5.41, 5.74) is 2.00. The molecule has 0 atom stereocenters. The molecule has 16 heavy (non-hydrogen) atoms. The Labute approximate surface area is 102 Å². The van der Waals surface area contributed by atoms with Gasteiger partial charge in [0.05, 0.1) is 6.61 Å². The fourth-order valence-corrected chi connectivity index (χ4v) is 1.63. The second-order valence-corrected chi connectivity index (χ2v) is 4.30. The van der Waals surface area contributed by atoms with Crippen molar-refractivity contribution in [2.45, 2.75) is 19.2 Å². The molecule has 1 rings (SSSR count). The normalized spacial score (nSPS) is 10.8. The van der Waals surface area contributed by atoms with Gasteiger partial charge in [0.1, 0.15) is 0 Å². The molecular formula is C12H19ClN2O. The van der Waals surface area contributed by atoms with Gasteiger partial charge in [-0.3, -0.25) is 0 Å². The van der Waals surface area contributed by atoms with E-state index in [-0.39, 0.29) is 0 Å². The number of aryl methyl sites for hydroxylation is 1. The summed E-state index contributed by atoms with van der Waals surface area (Å²) in [5.74, 6) is 1.19. The van der Waals surface area contributed by atoms with Gasteiger partial charge in [0.25, 0.3) is 0 Å². The maximum Gasteiger partial charge on any atom is 0.213 e. The molecule has 0 unspecified atom stereocenters. The zero-order valence-electron chi connectivity index (χ0n) is 10.2. The van der Waals surface area contributed by atoms with E-state index in [1.165, 1.54) is 0 Å². The van der Waals surface area contributed by atoms with E-state index in [4.69, 9.17) is 16.3 Å². The van der Waals surface area contributed by atoms with Crippen LogP contribution in [0, 0.1) is 6.92 Å². The number of pyridine rings is 1. The summed E-state index contributed by atoms with van der Waals surface area (Å²) in [6, 6.07) is 3.84. The molecule has 0 amide bonds. The molecule has 0 aliphatic rings. The number of halogens is 1. The van der Waals surface area contributed by atoms with Crippen molar-refractivity contribution < 1.29 is 4.74 Å². The van der Waals surface area contributed by atoms with Crippen molar-refractivity contribution in [1.29, 1.82) is 0 Å². The van der Waals surface area contributed by atoms with Crippen LogP contribution in [0.25, 0.3) is 0 Å². The number of aromatic nitrogens is 1. The molecule has 4 heteroatoms. The topological polar surface area (TPSA) is 25.4 Å². The van der Waals surface area contributed by atoms with Crippen LogP contribution in [0.3, 0.4) is 0 Å². The molecule has 90 valence electrons. The Morgan fingerprint density at radius 3 is 2.69 bits per heavy atom. The highest BCUT2D eigenvalue weighted by Gasteiger charge is 2.01. The summed E-state index contributed by atoms with van der Waals surface area (Å²) in [7, 11) is 4.11. The number of hydrogen-bond donors (Lipinski definition) is 0. The summed E-state index contributed by atoms with van der Waals surface area (Å²) in [4.78, 5) is 6.48. The summed E-state index contributed by atoms with van der Waals surface area (Å²) in [6.07, 6.45) is 1.00. The number of ether oxygens (including phenoxy) is 1. The van der Waals surface area contributed by atoms with Crippen LogP contribution >= 0.6 is 11.6 Å². The van der Waals surface area contributed by atoms with E-state index in [1.54, 1.807) is 0 Å². The average molecular weight is 243 g/mol. The van der Waals surface area contributed by atoms with Crippen molar-refractivity contribution in [3.05, 3.63) is 23.4 Å². The van der Waals surface area contributed by atoms with Crippen molar-refractivity contribution in [3.8, 4) is 5.88 Å². The van der Waals surface area contributed by atoms with E-state index >= 15 is 0 Å². The van der Waals surface area contributed by atoms with E-state index in [0.29, 0.717) is 18.4 Å². The van der Waals surface area contributed by atoms with Gasteiger partial charge in [-0.25, -0.2) is 4.98 Å². The second kappa shape index (κ2) is 6.71. The molecule has 1 aromatic rings. The lowest BCUT2D eigenvalue weighted by molar-refractivity contribution is 0.272. The third-order valence-electron chi connectivity index (χ3n) is 2.31. The van der Waals surface area contributed by atoms with Gasteiger partial charge < -0.3 is 9.64 Å². The molecule has 1 aromatic heterocycles. The van der Waals surface area contributed by atoms with E-state index in [0.717, 1.165) is 24.2 Å². The minimum Gasteiger partial charge on any atom is -0.478 e. The van der Waals surface area contributed by atoms with E-state index < -0.39 is 0 Å². The predicted molar refractivity (Wildman–Crippen MR) is 67.2 cm³/mol. The van der Waals surface area contributed by atoms with E-state index in [1.807, 2.05) is 19.1 Å². The van der Waals surface area contributed by atoms with Gasteiger partial charge in [0, 0.05) is 24.2 Å². The quantitative estimate of drug-likeness (QED) is 0.566. The maximum atomic E-state index is 5.76. The summed E-state index contributed by atoms with van der Waals surface area (Å²) < 4.78 is 5.56. The summed E-state index contributed by atoms with van der Waals surface area (Å²) in [5, 5.41) is 0. The highest BCUT2D eigenvalue weighted by Crippen LogP contribution is 2.14. The lowest BCUT2D eigenvalue weighted by atomic mass is 10.2. The van der Waals surface area contributed by atoms with Crippen LogP contribution in [0.15, 0.2) is 12.1 Å². The van der Waals surface area contributed by atoms with Crippen molar-refractivity contribution in [2.75, 3.05) is 27.2 Å². The molecule has 0 aliphatic carbocycles. The molecule has 0 fully saturated rings. The summed E-state index contributed by atoms with van der Waals surface area (Å²) >= 11 is 5.76. The molecular weight excluding hydrogens is 224 g/mol. The van der Waals surface area contributed by atoms with Crippen LogP contribution in [-0.4, -0.2) is 37.1 Å². The van der Waals surface area contributed by atoms with E-state index in [2.05, 4.69) is 24.0 Å². The van der Waals surface area contributed by atoms with Crippen molar-refractivity contribution in [2.24, 2.45) is 0 Å². The molecule has 0 spiro atoms. The lowest BCUT2D eigenvalue weighted by Crippen LogP contribution is -2.15. The van der Waals surface area contributed by atoms with Crippen molar-refractivity contribution in [1.82, 2.24) is 9.88 Å². The molecule has 3 nitrogen and oxygen atoms in total. The Morgan fingerprint density at radius 2 is 2.12 bits per heavy atom. The highest BCUT2D eigenvalue weighted by molar-refractivity contribution is 6.17. The maximum absolute atomic E-state index is 5.76. The largest absolute Gasteiger partial charge is 0.478 e. The van der Waals surface area contributed by atoms with Crippen LogP contribution in [0.2, 0.25) is 0 Å². The molecule has 1 heterocycles. The number of alkyl halides is 1. The Balaban J connectivity index is 2.40. The zero-order chi connectivity index (χ0) is 12.0.